The van der Waals surface area contributed by atoms with Gasteiger partial charge in [-0.2, -0.15) is 4.37 Å². The SMILES string of the molecule is C[Si](C)(C)c1[nH]c2c(cc(Br)c3sncc32)c1S(=O)(=O)Cl. The predicted molar refractivity (Wildman–Crippen MR) is 95.2 cm³/mol. The molecule has 4 nitrogen and oxygen atoms in total. The zero-order valence-electron chi connectivity index (χ0n) is 11.5. The summed E-state index contributed by atoms with van der Waals surface area (Å²) in [5, 5.41) is 2.29. The predicted octanol–water partition coefficient (Wildman–Crippen LogP) is 4.01. The summed E-state index contributed by atoms with van der Waals surface area (Å²) in [5.74, 6) is 0. The van der Waals surface area contributed by atoms with Gasteiger partial charge in [-0.1, -0.05) is 19.6 Å². The van der Waals surface area contributed by atoms with Crippen molar-refractivity contribution in [2.24, 2.45) is 0 Å². The van der Waals surface area contributed by atoms with E-state index in [2.05, 4.69) is 44.9 Å². The van der Waals surface area contributed by atoms with E-state index < -0.39 is 17.1 Å². The molecule has 1 aromatic carbocycles. The van der Waals surface area contributed by atoms with Crippen LogP contribution in [0, 0.1) is 0 Å². The minimum atomic E-state index is -3.83. The fourth-order valence-corrected chi connectivity index (χ4v) is 7.76. The van der Waals surface area contributed by atoms with E-state index in [1.165, 1.54) is 11.5 Å². The summed E-state index contributed by atoms with van der Waals surface area (Å²) < 4.78 is 30.2. The van der Waals surface area contributed by atoms with Crippen LogP contribution in [0.25, 0.3) is 21.0 Å². The van der Waals surface area contributed by atoms with Crippen LogP contribution in [0.1, 0.15) is 0 Å². The molecule has 0 saturated heterocycles. The van der Waals surface area contributed by atoms with Crippen LogP contribution in [0.5, 0.6) is 0 Å². The summed E-state index contributed by atoms with van der Waals surface area (Å²) in [6.07, 6.45) is 1.75. The minimum absolute atomic E-state index is 0.215. The second-order valence-corrected chi connectivity index (χ2v) is 15.0. The van der Waals surface area contributed by atoms with Crippen LogP contribution in [0.3, 0.4) is 0 Å². The standard InChI is InChI=1S/C12H12BrClN2O2S2Si/c1-21(2,3)12-11(20(14,17)18)6-4-8(13)10-7(5-15-19-10)9(6)16-12/h4-5,16H,1-3H3. The largest absolute Gasteiger partial charge is 0.360 e. The molecule has 0 aliphatic heterocycles. The lowest BCUT2D eigenvalue weighted by Crippen LogP contribution is -2.41. The maximum atomic E-state index is 12.1. The molecule has 0 saturated carbocycles. The molecule has 0 aliphatic rings. The Morgan fingerprint density at radius 2 is 2.00 bits per heavy atom. The fraction of sp³-hybridized carbons (Fsp3) is 0.250. The van der Waals surface area contributed by atoms with Gasteiger partial charge in [-0.3, -0.25) is 0 Å². The molecule has 0 atom stereocenters. The lowest BCUT2D eigenvalue weighted by molar-refractivity contribution is 0.611. The molecule has 2 heterocycles. The highest BCUT2D eigenvalue weighted by molar-refractivity contribution is 9.10. The van der Waals surface area contributed by atoms with Gasteiger partial charge in [-0.15, -0.1) is 0 Å². The molecule has 112 valence electrons. The smallest absolute Gasteiger partial charge is 0.263 e. The monoisotopic (exact) mass is 422 g/mol. The highest BCUT2D eigenvalue weighted by Crippen LogP contribution is 2.37. The zero-order chi connectivity index (χ0) is 15.6. The highest BCUT2D eigenvalue weighted by Gasteiger charge is 2.31. The highest BCUT2D eigenvalue weighted by atomic mass is 79.9. The summed E-state index contributed by atoms with van der Waals surface area (Å²) in [5.41, 5.74) is 0.790. The van der Waals surface area contributed by atoms with Crippen molar-refractivity contribution < 1.29 is 8.42 Å². The Morgan fingerprint density at radius 1 is 1.33 bits per heavy atom. The lowest BCUT2D eigenvalue weighted by atomic mass is 10.2. The molecule has 0 amide bonds. The average molecular weight is 424 g/mol. The molecule has 3 aromatic rings. The van der Waals surface area contributed by atoms with Crippen molar-refractivity contribution in [3.05, 3.63) is 16.7 Å². The molecule has 0 fully saturated rings. The van der Waals surface area contributed by atoms with Gasteiger partial charge in [0.25, 0.3) is 9.05 Å². The van der Waals surface area contributed by atoms with Gasteiger partial charge in [0, 0.05) is 31.2 Å². The van der Waals surface area contributed by atoms with E-state index in [4.69, 9.17) is 10.7 Å². The van der Waals surface area contributed by atoms with Crippen molar-refractivity contribution in [2.45, 2.75) is 24.5 Å². The number of aromatic nitrogens is 2. The Morgan fingerprint density at radius 3 is 2.57 bits per heavy atom. The van der Waals surface area contributed by atoms with Gasteiger partial charge in [0.05, 0.1) is 24.5 Å². The Bertz CT molecular complexity index is 973. The zero-order valence-corrected chi connectivity index (χ0v) is 16.5. The Balaban J connectivity index is 2.60. The Kier molecular flexibility index (Phi) is 3.53. The molecule has 0 radical (unpaired) electrons. The van der Waals surface area contributed by atoms with Crippen molar-refractivity contribution in [1.29, 1.82) is 0 Å². The van der Waals surface area contributed by atoms with E-state index in [-0.39, 0.29) is 4.90 Å². The topological polar surface area (TPSA) is 62.8 Å². The summed E-state index contributed by atoms with van der Waals surface area (Å²) in [6, 6.07) is 1.81. The third-order valence-corrected chi connectivity index (χ3v) is 8.46. The Hall–Kier alpha value is -0.413. The number of nitrogens with zero attached hydrogens (tertiary/aromatic N) is 1. The molecule has 2 aromatic heterocycles. The summed E-state index contributed by atoms with van der Waals surface area (Å²) in [6.45, 7) is 6.25. The molecule has 0 bridgehead atoms. The van der Waals surface area contributed by atoms with Gasteiger partial charge in [-0.25, -0.2) is 8.42 Å². The summed E-state index contributed by atoms with van der Waals surface area (Å²) in [4.78, 5) is 3.53. The van der Waals surface area contributed by atoms with Gasteiger partial charge >= 0.3 is 0 Å². The molecule has 0 aliphatic carbocycles. The minimum Gasteiger partial charge on any atom is -0.360 e. The van der Waals surface area contributed by atoms with Crippen LogP contribution in [-0.4, -0.2) is 25.8 Å². The van der Waals surface area contributed by atoms with Gasteiger partial charge in [-0.05, 0) is 33.5 Å². The number of aromatic amines is 1. The number of hydrogen-bond acceptors (Lipinski definition) is 4. The van der Waals surface area contributed by atoms with E-state index in [1.807, 2.05) is 6.07 Å². The quantitative estimate of drug-likeness (QED) is 0.500. The Labute approximate surface area is 140 Å². The molecule has 0 unspecified atom stereocenters. The number of hydrogen-bond donors (Lipinski definition) is 1. The van der Waals surface area contributed by atoms with E-state index in [0.717, 1.165) is 25.4 Å². The third-order valence-electron chi connectivity index (χ3n) is 3.31. The first kappa shape index (κ1) is 15.5. The first-order chi connectivity index (χ1) is 9.60. The van der Waals surface area contributed by atoms with Crippen molar-refractivity contribution in [1.82, 2.24) is 9.36 Å². The first-order valence-corrected chi connectivity index (χ1v) is 13.5. The lowest BCUT2D eigenvalue weighted by Gasteiger charge is -2.15. The number of benzene rings is 1. The molecule has 9 heteroatoms. The first-order valence-electron chi connectivity index (χ1n) is 6.14. The maximum absolute atomic E-state index is 12.1. The summed E-state index contributed by atoms with van der Waals surface area (Å²) in [7, 11) is -0.0234. The van der Waals surface area contributed by atoms with Crippen LogP contribution >= 0.6 is 38.1 Å². The number of halogens is 2. The molecular formula is C12H12BrClN2O2S2Si. The average Bonchev–Trinajstić information content (AvgIpc) is 2.88. The van der Waals surface area contributed by atoms with Crippen molar-refractivity contribution in [2.75, 3.05) is 0 Å². The van der Waals surface area contributed by atoms with Gasteiger partial charge in [0.2, 0.25) is 0 Å². The molecule has 3 rings (SSSR count). The van der Waals surface area contributed by atoms with Crippen LogP contribution in [0.2, 0.25) is 19.6 Å². The number of fused-ring (bicyclic) bond motifs is 3. The second kappa shape index (κ2) is 4.79. The van der Waals surface area contributed by atoms with E-state index >= 15 is 0 Å². The molecule has 21 heavy (non-hydrogen) atoms. The number of rotatable bonds is 2. The van der Waals surface area contributed by atoms with Crippen LogP contribution in [-0.2, 0) is 9.05 Å². The second-order valence-electron chi connectivity index (χ2n) is 5.87. The molecule has 0 spiro atoms. The third kappa shape index (κ3) is 2.46. The van der Waals surface area contributed by atoms with Crippen molar-refractivity contribution in [3.63, 3.8) is 0 Å². The summed E-state index contributed by atoms with van der Waals surface area (Å²) >= 11 is 4.86. The van der Waals surface area contributed by atoms with Gasteiger partial charge < -0.3 is 4.98 Å². The number of H-pyrrole nitrogens is 1. The molecule has 1 N–H and O–H groups in total. The van der Waals surface area contributed by atoms with Crippen LogP contribution < -0.4 is 5.32 Å². The van der Waals surface area contributed by atoms with E-state index in [0.29, 0.717) is 5.39 Å². The van der Waals surface area contributed by atoms with E-state index in [9.17, 15) is 8.42 Å². The van der Waals surface area contributed by atoms with Crippen molar-refractivity contribution >= 4 is 81.6 Å². The molecular weight excluding hydrogens is 412 g/mol. The normalized spacial score (nSPS) is 13.4. The van der Waals surface area contributed by atoms with Crippen LogP contribution in [0.4, 0.5) is 0 Å². The fourth-order valence-electron chi connectivity index (χ4n) is 2.41. The van der Waals surface area contributed by atoms with E-state index in [1.54, 1.807) is 6.20 Å². The van der Waals surface area contributed by atoms with Crippen LogP contribution in [0.15, 0.2) is 21.6 Å². The number of nitrogens with one attached hydrogen (secondary N) is 1. The van der Waals surface area contributed by atoms with Crippen molar-refractivity contribution in [3.8, 4) is 0 Å². The maximum Gasteiger partial charge on any atom is 0.263 e. The van der Waals surface area contributed by atoms with Gasteiger partial charge in [0.1, 0.15) is 4.90 Å². The van der Waals surface area contributed by atoms with Gasteiger partial charge in [0.15, 0.2) is 0 Å².